The summed E-state index contributed by atoms with van der Waals surface area (Å²) in [6, 6.07) is 15.2. The number of nitro groups is 1. The molecule has 0 aliphatic heterocycles. The van der Waals surface area contributed by atoms with Crippen LogP contribution in [-0.2, 0) is 11.3 Å². The van der Waals surface area contributed by atoms with Crippen molar-refractivity contribution in [3.8, 4) is 0 Å². The van der Waals surface area contributed by atoms with E-state index >= 15 is 0 Å². The van der Waals surface area contributed by atoms with Gasteiger partial charge in [-0.25, -0.2) is 0 Å². The highest BCUT2D eigenvalue weighted by atomic mass is 16.6. The van der Waals surface area contributed by atoms with E-state index in [4.69, 9.17) is 0 Å². The zero-order valence-corrected chi connectivity index (χ0v) is 12.2. The lowest BCUT2D eigenvalue weighted by Crippen LogP contribution is -2.37. The lowest BCUT2D eigenvalue weighted by atomic mass is 10.2. The average molecular weight is 299 g/mol. The van der Waals surface area contributed by atoms with Crippen molar-refractivity contribution in [2.75, 3.05) is 5.32 Å². The Morgan fingerprint density at radius 3 is 2.45 bits per heavy atom. The molecule has 0 bridgehead atoms. The minimum absolute atomic E-state index is 0.0507. The summed E-state index contributed by atoms with van der Waals surface area (Å²) in [7, 11) is 0. The molecule has 0 fully saturated rings. The molecule has 2 aromatic carbocycles. The van der Waals surface area contributed by atoms with Crippen LogP contribution in [0, 0.1) is 10.1 Å². The number of hydrogen-bond donors (Lipinski definition) is 2. The Balaban J connectivity index is 1.96. The van der Waals surface area contributed by atoms with Crippen LogP contribution in [0.25, 0.3) is 0 Å². The summed E-state index contributed by atoms with van der Waals surface area (Å²) in [5, 5.41) is 16.6. The maximum atomic E-state index is 12.1. The second kappa shape index (κ2) is 7.21. The third kappa shape index (κ3) is 4.05. The predicted octanol–water partition coefficient (Wildman–Crippen LogP) is 2.71. The van der Waals surface area contributed by atoms with E-state index < -0.39 is 11.0 Å². The van der Waals surface area contributed by atoms with E-state index in [1.165, 1.54) is 6.07 Å². The van der Waals surface area contributed by atoms with Crippen molar-refractivity contribution >= 4 is 17.3 Å². The lowest BCUT2D eigenvalue weighted by Gasteiger charge is -2.15. The highest BCUT2D eigenvalue weighted by Gasteiger charge is 2.18. The standard InChI is InChI=1S/C16H17N3O3/c1-12(16(20)17-11-13-7-3-2-4-8-13)18-14-9-5-6-10-15(14)19(21)22/h2-10,12,18H,11H2,1H3,(H,17,20). The van der Waals surface area contributed by atoms with Gasteiger partial charge in [0, 0.05) is 12.6 Å². The third-order valence-corrected chi connectivity index (χ3v) is 3.18. The van der Waals surface area contributed by atoms with Crippen LogP contribution < -0.4 is 10.6 Å². The predicted molar refractivity (Wildman–Crippen MR) is 84.5 cm³/mol. The fraction of sp³-hybridized carbons (Fsp3) is 0.188. The number of carbonyl (C=O) groups excluding carboxylic acids is 1. The molecule has 114 valence electrons. The average Bonchev–Trinajstić information content (AvgIpc) is 2.53. The second-order valence-electron chi connectivity index (χ2n) is 4.84. The first-order valence-electron chi connectivity index (χ1n) is 6.89. The molecule has 0 radical (unpaired) electrons. The number of benzene rings is 2. The molecule has 1 atom stereocenters. The summed E-state index contributed by atoms with van der Waals surface area (Å²) in [4.78, 5) is 22.5. The zero-order valence-electron chi connectivity index (χ0n) is 12.2. The van der Waals surface area contributed by atoms with Crippen molar-refractivity contribution in [3.05, 3.63) is 70.3 Å². The zero-order chi connectivity index (χ0) is 15.9. The van der Waals surface area contributed by atoms with E-state index in [2.05, 4.69) is 10.6 Å². The van der Waals surface area contributed by atoms with Gasteiger partial charge in [0.05, 0.1) is 4.92 Å². The van der Waals surface area contributed by atoms with Crippen LogP contribution in [0.3, 0.4) is 0 Å². The Bertz CT molecular complexity index is 659. The van der Waals surface area contributed by atoms with E-state index in [9.17, 15) is 14.9 Å². The van der Waals surface area contributed by atoms with Crippen LogP contribution in [0.4, 0.5) is 11.4 Å². The highest BCUT2D eigenvalue weighted by Crippen LogP contribution is 2.23. The summed E-state index contributed by atoms with van der Waals surface area (Å²) in [5.41, 5.74) is 1.27. The summed E-state index contributed by atoms with van der Waals surface area (Å²) >= 11 is 0. The molecule has 0 spiro atoms. The van der Waals surface area contributed by atoms with Crippen molar-refractivity contribution in [2.45, 2.75) is 19.5 Å². The van der Waals surface area contributed by atoms with Crippen LogP contribution in [-0.4, -0.2) is 16.9 Å². The molecule has 22 heavy (non-hydrogen) atoms. The van der Waals surface area contributed by atoms with Gasteiger partial charge in [0.15, 0.2) is 0 Å². The topological polar surface area (TPSA) is 84.3 Å². The van der Waals surface area contributed by atoms with Crippen molar-refractivity contribution in [1.82, 2.24) is 5.32 Å². The normalized spacial score (nSPS) is 11.5. The maximum Gasteiger partial charge on any atom is 0.292 e. The summed E-state index contributed by atoms with van der Waals surface area (Å²) in [6.07, 6.45) is 0. The smallest absolute Gasteiger partial charge is 0.292 e. The minimum atomic E-state index is -0.579. The molecule has 2 aromatic rings. The van der Waals surface area contributed by atoms with Gasteiger partial charge < -0.3 is 10.6 Å². The summed E-state index contributed by atoms with van der Waals surface area (Å²) in [5.74, 6) is -0.220. The van der Waals surface area contributed by atoms with Crippen molar-refractivity contribution < 1.29 is 9.72 Å². The van der Waals surface area contributed by atoms with Crippen LogP contribution in [0.5, 0.6) is 0 Å². The van der Waals surface area contributed by atoms with E-state index in [0.717, 1.165) is 5.56 Å². The molecule has 0 aliphatic rings. The van der Waals surface area contributed by atoms with Crippen LogP contribution in [0.15, 0.2) is 54.6 Å². The molecule has 1 unspecified atom stereocenters. The van der Waals surface area contributed by atoms with Gasteiger partial charge in [0.2, 0.25) is 5.91 Å². The quantitative estimate of drug-likeness (QED) is 0.634. The number of amides is 1. The number of nitro benzene ring substituents is 1. The Morgan fingerprint density at radius 2 is 1.77 bits per heavy atom. The van der Waals surface area contributed by atoms with Crippen LogP contribution in [0.2, 0.25) is 0 Å². The molecule has 6 nitrogen and oxygen atoms in total. The maximum absolute atomic E-state index is 12.1. The number of para-hydroxylation sites is 2. The van der Waals surface area contributed by atoms with Crippen LogP contribution in [0.1, 0.15) is 12.5 Å². The number of anilines is 1. The van der Waals surface area contributed by atoms with Gasteiger partial charge in [-0.3, -0.25) is 14.9 Å². The first kappa shape index (κ1) is 15.5. The number of nitrogens with one attached hydrogen (secondary N) is 2. The van der Waals surface area contributed by atoms with Crippen molar-refractivity contribution in [2.24, 2.45) is 0 Å². The van der Waals surface area contributed by atoms with E-state index in [0.29, 0.717) is 12.2 Å². The molecule has 0 saturated heterocycles. The molecule has 0 aromatic heterocycles. The lowest BCUT2D eigenvalue weighted by molar-refractivity contribution is -0.384. The van der Waals surface area contributed by atoms with Gasteiger partial charge in [-0.2, -0.15) is 0 Å². The van der Waals surface area contributed by atoms with Crippen LogP contribution >= 0.6 is 0 Å². The van der Waals surface area contributed by atoms with Gasteiger partial charge in [-0.1, -0.05) is 42.5 Å². The molecule has 6 heteroatoms. The largest absolute Gasteiger partial charge is 0.368 e. The second-order valence-corrected chi connectivity index (χ2v) is 4.84. The molecule has 1 amide bonds. The van der Waals surface area contributed by atoms with Gasteiger partial charge in [-0.05, 0) is 18.6 Å². The number of rotatable bonds is 6. The fourth-order valence-corrected chi connectivity index (χ4v) is 1.99. The van der Waals surface area contributed by atoms with Gasteiger partial charge >= 0.3 is 0 Å². The minimum Gasteiger partial charge on any atom is -0.368 e. The van der Waals surface area contributed by atoms with Gasteiger partial charge in [0.1, 0.15) is 11.7 Å². The number of carbonyl (C=O) groups is 1. The molecular weight excluding hydrogens is 282 g/mol. The first-order chi connectivity index (χ1) is 10.6. The summed E-state index contributed by atoms with van der Waals surface area (Å²) < 4.78 is 0. The molecule has 2 rings (SSSR count). The van der Waals surface area contributed by atoms with E-state index in [1.54, 1.807) is 25.1 Å². The van der Waals surface area contributed by atoms with Crippen molar-refractivity contribution in [1.29, 1.82) is 0 Å². The van der Waals surface area contributed by atoms with Gasteiger partial charge in [0.25, 0.3) is 5.69 Å². The molecule has 0 aliphatic carbocycles. The molecule has 2 N–H and O–H groups in total. The SMILES string of the molecule is CC(Nc1ccccc1[N+](=O)[O-])C(=O)NCc1ccccc1. The monoisotopic (exact) mass is 299 g/mol. The highest BCUT2D eigenvalue weighted by molar-refractivity contribution is 5.85. The molecular formula is C16H17N3O3. The number of hydrogen-bond acceptors (Lipinski definition) is 4. The number of nitrogens with zero attached hydrogens (tertiary/aromatic N) is 1. The summed E-state index contributed by atoms with van der Waals surface area (Å²) in [6.45, 7) is 2.08. The Kier molecular flexibility index (Phi) is 5.08. The molecule has 0 saturated carbocycles. The van der Waals surface area contributed by atoms with E-state index in [-0.39, 0.29) is 11.6 Å². The third-order valence-electron chi connectivity index (χ3n) is 3.18. The van der Waals surface area contributed by atoms with Gasteiger partial charge in [-0.15, -0.1) is 0 Å². The Hall–Kier alpha value is -2.89. The molecule has 0 heterocycles. The van der Waals surface area contributed by atoms with Crippen molar-refractivity contribution in [3.63, 3.8) is 0 Å². The first-order valence-corrected chi connectivity index (χ1v) is 6.89. The Labute approximate surface area is 128 Å². The fourth-order valence-electron chi connectivity index (χ4n) is 1.99. The Morgan fingerprint density at radius 1 is 1.14 bits per heavy atom. The van der Waals surface area contributed by atoms with E-state index in [1.807, 2.05) is 30.3 Å².